The molecule has 0 saturated carbocycles. The second kappa shape index (κ2) is 7.24. The van der Waals surface area contributed by atoms with E-state index in [4.69, 9.17) is 15.2 Å². The number of carbonyl (C=O) groups is 2. The number of amides is 1. The zero-order valence-corrected chi connectivity index (χ0v) is 10.1. The molecule has 17 heavy (non-hydrogen) atoms. The minimum absolute atomic E-state index is 0.0178. The second-order valence-corrected chi connectivity index (χ2v) is 3.91. The van der Waals surface area contributed by atoms with Crippen LogP contribution in [-0.2, 0) is 19.1 Å². The van der Waals surface area contributed by atoms with Crippen LogP contribution in [0, 0.1) is 0 Å². The molecule has 3 N–H and O–H groups in total. The van der Waals surface area contributed by atoms with Gasteiger partial charge in [0.15, 0.2) is 0 Å². The van der Waals surface area contributed by atoms with E-state index in [0.29, 0.717) is 19.6 Å². The van der Waals surface area contributed by atoms with Gasteiger partial charge in [-0.1, -0.05) is 0 Å². The van der Waals surface area contributed by atoms with Crippen LogP contribution in [0.5, 0.6) is 0 Å². The van der Waals surface area contributed by atoms with Crippen LogP contribution in [0.1, 0.15) is 26.2 Å². The zero-order chi connectivity index (χ0) is 12.7. The SMILES string of the molecule is CCOC(=O)CCNC(=O)C1CCC(CN)O1. The van der Waals surface area contributed by atoms with E-state index >= 15 is 0 Å². The standard InChI is InChI=1S/C11H20N2O4/c1-2-16-10(14)5-6-13-11(15)9-4-3-8(7-12)17-9/h8-9H,2-7,12H2,1H3,(H,13,15). The van der Waals surface area contributed by atoms with Gasteiger partial charge in [-0.2, -0.15) is 0 Å². The predicted molar refractivity (Wildman–Crippen MR) is 61.2 cm³/mol. The Morgan fingerprint density at radius 2 is 2.24 bits per heavy atom. The smallest absolute Gasteiger partial charge is 0.307 e. The summed E-state index contributed by atoms with van der Waals surface area (Å²) in [6.07, 6.45) is 1.24. The van der Waals surface area contributed by atoms with Crippen LogP contribution in [0.15, 0.2) is 0 Å². The van der Waals surface area contributed by atoms with Gasteiger partial charge >= 0.3 is 5.97 Å². The molecule has 0 aromatic heterocycles. The Morgan fingerprint density at radius 1 is 1.47 bits per heavy atom. The van der Waals surface area contributed by atoms with Crippen molar-refractivity contribution in [3.05, 3.63) is 0 Å². The first-order valence-corrected chi connectivity index (χ1v) is 5.96. The summed E-state index contributed by atoms with van der Waals surface area (Å²) >= 11 is 0. The van der Waals surface area contributed by atoms with E-state index in [1.807, 2.05) is 0 Å². The zero-order valence-electron chi connectivity index (χ0n) is 10.1. The molecule has 2 unspecified atom stereocenters. The van der Waals surface area contributed by atoms with Crippen molar-refractivity contribution in [2.45, 2.75) is 38.4 Å². The fourth-order valence-corrected chi connectivity index (χ4v) is 1.71. The van der Waals surface area contributed by atoms with Gasteiger partial charge < -0.3 is 20.5 Å². The van der Waals surface area contributed by atoms with E-state index < -0.39 is 6.10 Å². The number of esters is 1. The van der Waals surface area contributed by atoms with Crippen molar-refractivity contribution in [3.8, 4) is 0 Å². The van der Waals surface area contributed by atoms with E-state index in [2.05, 4.69) is 5.32 Å². The molecule has 0 spiro atoms. The molecule has 1 fully saturated rings. The number of carbonyl (C=O) groups excluding carboxylic acids is 2. The molecule has 1 rings (SSSR count). The minimum atomic E-state index is -0.425. The molecule has 0 aromatic rings. The molecule has 98 valence electrons. The third-order valence-electron chi connectivity index (χ3n) is 2.60. The summed E-state index contributed by atoms with van der Waals surface area (Å²) in [6.45, 7) is 2.82. The molecular weight excluding hydrogens is 224 g/mol. The van der Waals surface area contributed by atoms with Gasteiger partial charge in [-0.05, 0) is 19.8 Å². The molecule has 1 heterocycles. The number of hydrogen-bond donors (Lipinski definition) is 2. The number of nitrogens with two attached hydrogens (primary N) is 1. The fraction of sp³-hybridized carbons (Fsp3) is 0.818. The lowest BCUT2D eigenvalue weighted by Crippen LogP contribution is -2.36. The molecule has 0 bridgehead atoms. The number of hydrogen-bond acceptors (Lipinski definition) is 5. The average Bonchev–Trinajstić information content (AvgIpc) is 2.77. The van der Waals surface area contributed by atoms with Crippen molar-refractivity contribution in [1.82, 2.24) is 5.32 Å². The summed E-state index contributed by atoms with van der Waals surface area (Å²) in [5.41, 5.74) is 5.45. The summed E-state index contributed by atoms with van der Waals surface area (Å²) in [5, 5.41) is 2.65. The molecular formula is C11H20N2O4. The molecule has 6 heteroatoms. The third-order valence-corrected chi connectivity index (χ3v) is 2.60. The molecule has 0 aromatic carbocycles. The van der Waals surface area contributed by atoms with Gasteiger partial charge in [0, 0.05) is 13.1 Å². The van der Waals surface area contributed by atoms with Gasteiger partial charge in [0.2, 0.25) is 5.91 Å². The molecule has 1 aliphatic heterocycles. The highest BCUT2D eigenvalue weighted by Gasteiger charge is 2.29. The molecule has 2 atom stereocenters. The van der Waals surface area contributed by atoms with Crippen molar-refractivity contribution in [2.24, 2.45) is 5.73 Å². The van der Waals surface area contributed by atoms with E-state index in [1.54, 1.807) is 6.92 Å². The van der Waals surface area contributed by atoms with Crippen LogP contribution in [0.25, 0.3) is 0 Å². The maximum absolute atomic E-state index is 11.6. The summed E-state index contributed by atoms with van der Waals surface area (Å²) < 4.78 is 10.2. The summed E-state index contributed by atoms with van der Waals surface area (Å²) in [5.74, 6) is -0.481. The first-order valence-electron chi connectivity index (χ1n) is 5.96. The van der Waals surface area contributed by atoms with Crippen molar-refractivity contribution < 1.29 is 19.1 Å². The molecule has 1 amide bonds. The highest BCUT2D eigenvalue weighted by atomic mass is 16.5. The van der Waals surface area contributed by atoms with Crippen molar-refractivity contribution in [2.75, 3.05) is 19.7 Å². The third kappa shape index (κ3) is 4.70. The van der Waals surface area contributed by atoms with E-state index in [0.717, 1.165) is 6.42 Å². The Labute approximate surface area is 101 Å². The van der Waals surface area contributed by atoms with Crippen molar-refractivity contribution in [3.63, 3.8) is 0 Å². The molecule has 1 saturated heterocycles. The fourth-order valence-electron chi connectivity index (χ4n) is 1.71. The van der Waals surface area contributed by atoms with Crippen molar-refractivity contribution >= 4 is 11.9 Å². The minimum Gasteiger partial charge on any atom is -0.466 e. The van der Waals surface area contributed by atoms with E-state index in [1.165, 1.54) is 0 Å². The Balaban J connectivity index is 2.15. The number of rotatable bonds is 6. The second-order valence-electron chi connectivity index (χ2n) is 3.91. The largest absolute Gasteiger partial charge is 0.466 e. The van der Waals surface area contributed by atoms with Crippen LogP contribution in [0.4, 0.5) is 0 Å². The number of nitrogens with one attached hydrogen (secondary N) is 1. The summed E-state index contributed by atoms with van der Waals surface area (Å²) in [6, 6.07) is 0. The van der Waals surface area contributed by atoms with Gasteiger partial charge in [0.25, 0.3) is 0 Å². The molecule has 0 radical (unpaired) electrons. The predicted octanol–water partition coefficient (Wildman–Crippen LogP) is -0.438. The van der Waals surface area contributed by atoms with Gasteiger partial charge in [-0.25, -0.2) is 0 Å². The normalized spacial score (nSPS) is 23.4. The van der Waals surface area contributed by atoms with Gasteiger partial charge in [-0.3, -0.25) is 9.59 Å². The summed E-state index contributed by atoms with van der Waals surface area (Å²) in [4.78, 5) is 22.6. The highest BCUT2D eigenvalue weighted by molar-refractivity contribution is 5.81. The van der Waals surface area contributed by atoms with Gasteiger partial charge in [-0.15, -0.1) is 0 Å². The van der Waals surface area contributed by atoms with Gasteiger partial charge in [0.1, 0.15) is 6.10 Å². The topological polar surface area (TPSA) is 90.7 Å². The molecule has 6 nitrogen and oxygen atoms in total. The Kier molecular flexibility index (Phi) is 5.93. The Hall–Kier alpha value is -1.14. The van der Waals surface area contributed by atoms with Crippen LogP contribution in [-0.4, -0.2) is 43.8 Å². The van der Waals surface area contributed by atoms with E-state index in [9.17, 15) is 9.59 Å². The molecule has 0 aliphatic carbocycles. The average molecular weight is 244 g/mol. The lowest BCUT2D eigenvalue weighted by molar-refractivity contribution is -0.143. The highest BCUT2D eigenvalue weighted by Crippen LogP contribution is 2.18. The maximum atomic E-state index is 11.6. The van der Waals surface area contributed by atoms with Gasteiger partial charge in [0.05, 0.1) is 19.1 Å². The lowest BCUT2D eigenvalue weighted by atomic mass is 10.2. The molecule has 1 aliphatic rings. The first kappa shape index (κ1) is 13.9. The lowest BCUT2D eigenvalue weighted by Gasteiger charge is -2.12. The monoisotopic (exact) mass is 244 g/mol. The van der Waals surface area contributed by atoms with Crippen LogP contribution < -0.4 is 11.1 Å². The van der Waals surface area contributed by atoms with Crippen LogP contribution in [0.3, 0.4) is 0 Å². The Morgan fingerprint density at radius 3 is 2.82 bits per heavy atom. The first-order chi connectivity index (χ1) is 8.17. The Bertz CT molecular complexity index is 270. The summed E-state index contributed by atoms with van der Waals surface area (Å²) in [7, 11) is 0. The number of ether oxygens (including phenoxy) is 2. The van der Waals surface area contributed by atoms with Crippen molar-refractivity contribution in [1.29, 1.82) is 0 Å². The maximum Gasteiger partial charge on any atom is 0.307 e. The van der Waals surface area contributed by atoms with Crippen LogP contribution >= 0.6 is 0 Å². The van der Waals surface area contributed by atoms with E-state index in [-0.39, 0.29) is 30.9 Å². The van der Waals surface area contributed by atoms with Crippen LogP contribution in [0.2, 0.25) is 0 Å². The quantitative estimate of drug-likeness (QED) is 0.618.